The molecule has 0 atom stereocenters. The lowest BCUT2D eigenvalue weighted by atomic mass is 10.2. The van der Waals surface area contributed by atoms with Crippen LogP contribution in [0.4, 0.5) is 24.5 Å². The number of carbonyl (C=O) groups excluding carboxylic acids is 2. The minimum Gasteiger partial charge on any atom is -0.367 e. The fraction of sp³-hybridized carbons (Fsp3) is 0.300. The molecule has 1 heterocycles. The van der Waals surface area contributed by atoms with Crippen molar-refractivity contribution in [1.82, 2.24) is 10.2 Å². The average Bonchev–Trinajstić information content (AvgIpc) is 2.71. The second-order valence-corrected chi connectivity index (χ2v) is 6.62. The van der Waals surface area contributed by atoms with Crippen molar-refractivity contribution in [3.8, 4) is 0 Å². The van der Waals surface area contributed by atoms with E-state index in [9.17, 15) is 22.8 Å². The zero-order chi connectivity index (χ0) is 20.8. The molecule has 1 fully saturated rings. The molecule has 2 aromatic carbocycles. The second-order valence-electron chi connectivity index (χ2n) is 6.62. The van der Waals surface area contributed by atoms with Gasteiger partial charge in [0.15, 0.2) is 11.6 Å². The Hall–Kier alpha value is -3.07. The van der Waals surface area contributed by atoms with E-state index in [1.54, 1.807) is 18.2 Å². The van der Waals surface area contributed by atoms with E-state index >= 15 is 0 Å². The molecule has 6 nitrogen and oxygen atoms in total. The first-order valence-corrected chi connectivity index (χ1v) is 9.20. The molecule has 154 valence electrons. The number of nitrogens with one attached hydrogen (secondary N) is 2. The van der Waals surface area contributed by atoms with Crippen LogP contribution in [0.2, 0.25) is 0 Å². The average molecular weight is 406 g/mol. The second kappa shape index (κ2) is 9.42. The van der Waals surface area contributed by atoms with Crippen LogP contribution in [0.5, 0.6) is 0 Å². The van der Waals surface area contributed by atoms with Crippen LogP contribution in [0.3, 0.4) is 0 Å². The van der Waals surface area contributed by atoms with Gasteiger partial charge in [-0.3, -0.25) is 14.5 Å². The molecule has 0 unspecified atom stereocenters. The topological polar surface area (TPSA) is 64.7 Å². The van der Waals surface area contributed by atoms with Crippen LogP contribution in [0.25, 0.3) is 0 Å². The molecule has 0 aromatic heterocycles. The Bertz CT molecular complexity index is 886. The lowest BCUT2D eigenvalue weighted by molar-refractivity contribution is -0.136. The first kappa shape index (κ1) is 20.7. The van der Waals surface area contributed by atoms with Crippen LogP contribution >= 0.6 is 0 Å². The SMILES string of the molecule is O=C(NCCN1CCN(c2ccccc2F)CC1)C(=O)Nc1ccc(F)c(F)c1. The third-order valence-electron chi connectivity index (χ3n) is 4.66. The smallest absolute Gasteiger partial charge is 0.313 e. The molecule has 0 bridgehead atoms. The van der Waals surface area contributed by atoms with Gasteiger partial charge in [-0.1, -0.05) is 12.1 Å². The number of anilines is 2. The van der Waals surface area contributed by atoms with Crippen molar-refractivity contribution in [3.63, 3.8) is 0 Å². The van der Waals surface area contributed by atoms with Crippen molar-refractivity contribution in [2.75, 3.05) is 49.5 Å². The van der Waals surface area contributed by atoms with Crippen molar-refractivity contribution in [2.24, 2.45) is 0 Å². The van der Waals surface area contributed by atoms with Gasteiger partial charge in [-0.2, -0.15) is 0 Å². The number of halogens is 3. The molecule has 1 aliphatic rings. The highest BCUT2D eigenvalue weighted by atomic mass is 19.2. The van der Waals surface area contributed by atoms with Gasteiger partial charge >= 0.3 is 11.8 Å². The molecule has 1 saturated heterocycles. The predicted octanol–water partition coefficient (Wildman–Crippen LogP) is 1.98. The number of benzene rings is 2. The highest BCUT2D eigenvalue weighted by molar-refractivity contribution is 6.39. The molecule has 1 aliphatic heterocycles. The van der Waals surface area contributed by atoms with Gasteiger partial charge in [0.25, 0.3) is 0 Å². The summed E-state index contributed by atoms with van der Waals surface area (Å²) in [6, 6.07) is 9.46. The van der Waals surface area contributed by atoms with Crippen LogP contribution in [0, 0.1) is 17.5 Å². The van der Waals surface area contributed by atoms with E-state index in [0.717, 1.165) is 12.1 Å². The normalized spacial score (nSPS) is 14.5. The molecule has 2 aromatic rings. The number of hydrogen-bond acceptors (Lipinski definition) is 4. The Balaban J connectivity index is 1.39. The lowest BCUT2D eigenvalue weighted by Gasteiger charge is -2.36. The fourth-order valence-electron chi connectivity index (χ4n) is 3.09. The number of carbonyl (C=O) groups is 2. The molecule has 9 heteroatoms. The number of para-hydroxylation sites is 1. The molecule has 0 aliphatic carbocycles. The van der Waals surface area contributed by atoms with E-state index in [1.807, 2.05) is 4.90 Å². The summed E-state index contributed by atoms with van der Waals surface area (Å²) >= 11 is 0. The van der Waals surface area contributed by atoms with E-state index < -0.39 is 23.4 Å². The van der Waals surface area contributed by atoms with Crippen LogP contribution in [0.15, 0.2) is 42.5 Å². The van der Waals surface area contributed by atoms with Crippen molar-refractivity contribution >= 4 is 23.2 Å². The molecule has 2 N–H and O–H groups in total. The summed E-state index contributed by atoms with van der Waals surface area (Å²) in [7, 11) is 0. The summed E-state index contributed by atoms with van der Waals surface area (Å²) in [5.41, 5.74) is 0.572. The first-order chi connectivity index (χ1) is 13.9. The lowest BCUT2D eigenvalue weighted by Crippen LogP contribution is -2.49. The standard InChI is InChI=1S/C20H21F3N4O2/c21-15-6-5-14(13-17(15)23)25-20(29)19(28)24-7-8-26-9-11-27(12-10-26)18-4-2-1-3-16(18)22/h1-6,13H,7-12H2,(H,24,28)(H,25,29). The molecular formula is C20H21F3N4O2. The van der Waals surface area contributed by atoms with E-state index in [-0.39, 0.29) is 18.0 Å². The maximum Gasteiger partial charge on any atom is 0.313 e. The molecular weight excluding hydrogens is 385 g/mol. The monoisotopic (exact) mass is 406 g/mol. The van der Waals surface area contributed by atoms with Gasteiger partial charge in [0.2, 0.25) is 0 Å². The Morgan fingerprint density at radius 2 is 1.59 bits per heavy atom. The minimum absolute atomic E-state index is 0.00619. The number of hydrogen-bond donors (Lipinski definition) is 2. The summed E-state index contributed by atoms with van der Waals surface area (Å²) in [6.45, 7) is 3.51. The predicted molar refractivity (Wildman–Crippen MR) is 103 cm³/mol. The van der Waals surface area contributed by atoms with E-state index in [1.165, 1.54) is 12.1 Å². The summed E-state index contributed by atoms with van der Waals surface area (Å²) < 4.78 is 39.9. The highest BCUT2D eigenvalue weighted by Gasteiger charge is 2.20. The van der Waals surface area contributed by atoms with Gasteiger partial charge in [0, 0.05) is 51.0 Å². The zero-order valence-electron chi connectivity index (χ0n) is 15.6. The summed E-state index contributed by atoms with van der Waals surface area (Å²) in [5.74, 6) is -4.22. The maximum absolute atomic E-state index is 13.9. The minimum atomic E-state index is -1.11. The van der Waals surface area contributed by atoms with Gasteiger partial charge < -0.3 is 15.5 Å². The molecule has 0 saturated carbocycles. The molecule has 29 heavy (non-hydrogen) atoms. The van der Waals surface area contributed by atoms with Gasteiger partial charge in [-0.15, -0.1) is 0 Å². The van der Waals surface area contributed by atoms with Crippen LogP contribution in [0.1, 0.15) is 0 Å². The Morgan fingerprint density at radius 1 is 0.862 bits per heavy atom. The quantitative estimate of drug-likeness (QED) is 0.746. The van der Waals surface area contributed by atoms with Gasteiger partial charge in [0.1, 0.15) is 5.82 Å². The van der Waals surface area contributed by atoms with Crippen LogP contribution in [-0.4, -0.2) is 56.0 Å². The van der Waals surface area contributed by atoms with Crippen LogP contribution in [-0.2, 0) is 9.59 Å². The number of piperazine rings is 1. The number of nitrogens with zero attached hydrogens (tertiary/aromatic N) is 2. The van der Waals surface area contributed by atoms with E-state index in [0.29, 0.717) is 38.4 Å². The van der Waals surface area contributed by atoms with E-state index in [4.69, 9.17) is 0 Å². The molecule has 0 spiro atoms. The Labute approximate surface area is 166 Å². The highest BCUT2D eigenvalue weighted by Crippen LogP contribution is 2.20. The first-order valence-electron chi connectivity index (χ1n) is 9.20. The molecule has 3 rings (SSSR count). The van der Waals surface area contributed by atoms with Gasteiger partial charge in [0.05, 0.1) is 5.69 Å². The molecule has 0 radical (unpaired) electrons. The summed E-state index contributed by atoms with van der Waals surface area (Å²) in [5, 5.41) is 4.71. The van der Waals surface area contributed by atoms with Crippen molar-refractivity contribution in [3.05, 3.63) is 59.9 Å². The van der Waals surface area contributed by atoms with Crippen molar-refractivity contribution < 1.29 is 22.8 Å². The van der Waals surface area contributed by atoms with Crippen LogP contribution < -0.4 is 15.5 Å². The summed E-state index contributed by atoms with van der Waals surface area (Å²) in [6.07, 6.45) is 0. The van der Waals surface area contributed by atoms with Crippen molar-refractivity contribution in [2.45, 2.75) is 0 Å². The largest absolute Gasteiger partial charge is 0.367 e. The van der Waals surface area contributed by atoms with Gasteiger partial charge in [-0.25, -0.2) is 13.2 Å². The zero-order valence-corrected chi connectivity index (χ0v) is 15.6. The van der Waals surface area contributed by atoms with E-state index in [2.05, 4.69) is 15.5 Å². The number of rotatable bonds is 5. The third kappa shape index (κ3) is 5.47. The number of amides is 2. The Kier molecular flexibility index (Phi) is 6.71. The third-order valence-corrected chi connectivity index (χ3v) is 4.66. The maximum atomic E-state index is 13.9. The Morgan fingerprint density at radius 3 is 2.28 bits per heavy atom. The molecule has 2 amide bonds. The van der Waals surface area contributed by atoms with Gasteiger partial charge in [-0.05, 0) is 24.3 Å². The van der Waals surface area contributed by atoms with Crippen molar-refractivity contribution in [1.29, 1.82) is 0 Å². The summed E-state index contributed by atoms with van der Waals surface area (Å²) in [4.78, 5) is 27.8. The fourth-order valence-corrected chi connectivity index (χ4v) is 3.09.